The molecule has 0 spiro atoms. The van der Waals surface area contributed by atoms with Crippen molar-refractivity contribution in [2.75, 3.05) is 6.54 Å². The largest absolute Gasteiger partial charge is 0.507 e. The molecule has 1 aromatic rings. The fourth-order valence-corrected chi connectivity index (χ4v) is 1.54. The molecule has 2 heteroatoms. The van der Waals surface area contributed by atoms with Crippen molar-refractivity contribution in [3.05, 3.63) is 41.5 Å². The molecule has 0 fully saturated rings. The third-order valence-electron chi connectivity index (χ3n) is 2.77. The Bertz CT molecular complexity index is 358. The number of benzene rings is 1. The lowest BCUT2D eigenvalue weighted by molar-refractivity contribution is 0.451. The molecule has 0 aliphatic heterocycles. The lowest BCUT2D eigenvalue weighted by Crippen LogP contribution is -2.18. The van der Waals surface area contributed by atoms with Crippen LogP contribution in [0.4, 0.5) is 0 Å². The summed E-state index contributed by atoms with van der Waals surface area (Å²) in [4.78, 5) is 0. The summed E-state index contributed by atoms with van der Waals surface area (Å²) in [6.45, 7) is 10.4. The standard InChI is InChI=1S/C13H19NO/c1-5-8-14-11(4)12-7-6-9(2)10(3)13(12)15/h5-7,11,14-15H,1,8H2,2-4H3/t11-/m0/s1. The van der Waals surface area contributed by atoms with Gasteiger partial charge < -0.3 is 10.4 Å². The van der Waals surface area contributed by atoms with E-state index in [1.54, 1.807) is 0 Å². The number of phenolic OH excluding ortho intramolecular Hbond substituents is 1. The Kier molecular flexibility index (Phi) is 3.92. The van der Waals surface area contributed by atoms with Crippen LogP contribution in [0.5, 0.6) is 5.75 Å². The monoisotopic (exact) mass is 205 g/mol. The quantitative estimate of drug-likeness (QED) is 0.741. The molecule has 1 atom stereocenters. The molecule has 0 aliphatic carbocycles. The zero-order chi connectivity index (χ0) is 11.4. The minimum absolute atomic E-state index is 0.141. The molecule has 0 saturated heterocycles. The molecule has 0 bridgehead atoms. The van der Waals surface area contributed by atoms with Crippen LogP contribution < -0.4 is 5.32 Å². The van der Waals surface area contributed by atoms with Crippen molar-refractivity contribution in [2.45, 2.75) is 26.8 Å². The van der Waals surface area contributed by atoms with E-state index in [1.807, 2.05) is 39.0 Å². The summed E-state index contributed by atoms with van der Waals surface area (Å²) in [5, 5.41) is 13.2. The van der Waals surface area contributed by atoms with Gasteiger partial charge in [0.05, 0.1) is 0 Å². The van der Waals surface area contributed by atoms with Crippen LogP contribution in [-0.2, 0) is 0 Å². The summed E-state index contributed by atoms with van der Waals surface area (Å²) >= 11 is 0. The average Bonchev–Trinajstić information content (AvgIpc) is 2.23. The molecule has 0 radical (unpaired) electrons. The Balaban J connectivity index is 2.94. The van der Waals surface area contributed by atoms with E-state index in [1.165, 1.54) is 0 Å². The van der Waals surface area contributed by atoms with Crippen molar-refractivity contribution >= 4 is 0 Å². The highest BCUT2D eigenvalue weighted by atomic mass is 16.3. The van der Waals surface area contributed by atoms with Crippen LogP contribution in [0, 0.1) is 13.8 Å². The number of rotatable bonds is 4. The van der Waals surface area contributed by atoms with Crippen LogP contribution in [0.1, 0.15) is 29.7 Å². The van der Waals surface area contributed by atoms with Gasteiger partial charge in [-0.2, -0.15) is 0 Å². The fourth-order valence-electron chi connectivity index (χ4n) is 1.54. The third-order valence-corrected chi connectivity index (χ3v) is 2.77. The highest BCUT2D eigenvalue weighted by molar-refractivity contribution is 5.45. The normalized spacial score (nSPS) is 12.5. The van der Waals surface area contributed by atoms with Gasteiger partial charge in [-0.05, 0) is 31.9 Å². The van der Waals surface area contributed by atoms with E-state index in [-0.39, 0.29) is 6.04 Å². The molecule has 1 aromatic carbocycles. The Morgan fingerprint density at radius 2 is 2.13 bits per heavy atom. The van der Waals surface area contributed by atoms with E-state index in [0.717, 1.165) is 23.2 Å². The van der Waals surface area contributed by atoms with E-state index in [9.17, 15) is 5.11 Å². The molecular weight excluding hydrogens is 186 g/mol. The molecule has 0 heterocycles. The van der Waals surface area contributed by atoms with Crippen molar-refractivity contribution in [3.8, 4) is 5.75 Å². The van der Waals surface area contributed by atoms with Crippen LogP contribution in [-0.4, -0.2) is 11.7 Å². The highest BCUT2D eigenvalue weighted by Gasteiger charge is 2.11. The Labute approximate surface area is 91.6 Å². The third kappa shape index (κ3) is 2.60. The zero-order valence-corrected chi connectivity index (χ0v) is 9.67. The summed E-state index contributed by atoms with van der Waals surface area (Å²) in [6, 6.07) is 4.15. The number of aryl methyl sites for hydroxylation is 1. The van der Waals surface area contributed by atoms with Crippen LogP contribution in [0.15, 0.2) is 24.8 Å². The Morgan fingerprint density at radius 3 is 2.73 bits per heavy atom. The van der Waals surface area contributed by atoms with Gasteiger partial charge in [-0.3, -0.25) is 0 Å². The number of nitrogens with one attached hydrogen (secondary N) is 1. The van der Waals surface area contributed by atoms with E-state index in [4.69, 9.17) is 0 Å². The zero-order valence-electron chi connectivity index (χ0n) is 9.67. The highest BCUT2D eigenvalue weighted by Crippen LogP contribution is 2.29. The molecule has 1 rings (SSSR count). The fraction of sp³-hybridized carbons (Fsp3) is 0.385. The second-order valence-corrected chi connectivity index (χ2v) is 3.86. The minimum atomic E-state index is 0.141. The lowest BCUT2D eigenvalue weighted by Gasteiger charge is -2.16. The molecule has 15 heavy (non-hydrogen) atoms. The van der Waals surface area contributed by atoms with Crippen LogP contribution in [0.25, 0.3) is 0 Å². The van der Waals surface area contributed by atoms with Gasteiger partial charge in [0.25, 0.3) is 0 Å². The molecule has 0 unspecified atom stereocenters. The second-order valence-electron chi connectivity index (χ2n) is 3.86. The van der Waals surface area contributed by atoms with Gasteiger partial charge in [0.2, 0.25) is 0 Å². The van der Waals surface area contributed by atoms with Crippen molar-refractivity contribution < 1.29 is 5.11 Å². The van der Waals surface area contributed by atoms with E-state index < -0.39 is 0 Å². The molecule has 0 amide bonds. The maximum Gasteiger partial charge on any atom is 0.123 e. The van der Waals surface area contributed by atoms with Crippen molar-refractivity contribution in [1.29, 1.82) is 0 Å². The van der Waals surface area contributed by atoms with Crippen molar-refractivity contribution in [1.82, 2.24) is 5.32 Å². The molecule has 0 saturated carbocycles. The maximum atomic E-state index is 9.98. The maximum absolute atomic E-state index is 9.98. The average molecular weight is 205 g/mol. The molecule has 2 N–H and O–H groups in total. The second kappa shape index (κ2) is 4.99. The van der Waals surface area contributed by atoms with Gasteiger partial charge in [0.1, 0.15) is 5.75 Å². The first-order chi connectivity index (χ1) is 7.07. The van der Waals surface area contributed by atoms with Gasteiger partial charge >= 0.3 is 0 Å². The summed E-state index contributed by atoms with van der Waals surface area (Å²) in [7, 11) is 0. The first kappa shape index (κ1) is 11.8. The van der Waals surface area contributed by atoms with Crippen molar-refractivity contribution in [3.63, 3.8) is 0 Å². The van der Waals surface area contributed by atoms with Gasteiger partial charge in [-0.15, -0.1) is 6.58 Å². The van der Waals surface area contributed by atoms with Crippen LogP contribution in [0.3, 0.4) is 0 Å². The summed E-state index contributed by atoms with van der Waals surface area (Å²) in [5.41, 5.74) is 3.02. The number of aromatic hydroxyl groups is 1. The van der Waals surface area contributed by atoms with E-state index in [0.29, 0.717) is 5.75 Å². The predicted octanol–water partition coefficient (Wildman–Crippen LogP) is 2.85. The summed E-state index contributed by atoms with van der Waals surface area (Å²) < 4.78 is 0. The molecule has 0 aliphatic rings. The van der Waals surface area contributed by atoms with Crippen LogP contribution in [0.2, 0.25) is 0 Å². The predicted molar refractivity (Wildman–Crippen MR) is 64.2 cm³/mol. The summed E-state index contributed by atoms with van der Waals surface area (Å²) in [6.07, 6.45) is 1.81. The topological polar surface area (TPSA) is 32.3 Å². The van der Waals surface area contributed by atoms with E-state index in [2.05, 4.69) is 11.9 Å². The smallest absolute Gasteiger partial charge is 0.123 e. The van der Waals surface area contributed by atoms with Crippen LogP contribution >= 0.6 is 0 Å². The minimum Gasteiger partial charge on any atom is -0.507 e. The number of phenols is 1. The number of hydrogen-bond acceptors (Lipinski definition) is 2. The molecule has 0 aromatic heterocycles. The molecule has 2 nitrogen and oxygen atoms in total. The summed E-state index contributed by atoms with van der Waals surface area (Å²) in [5.74, 6) is 0.402. The van der Waals surface area contributed by atoms with E-state index >= 15 is 0 Å². The lowest BCUT2D eigenvalue weighted by atomic mass is 10.00. The Morgan fingerprint density at radius 1 is 1.47 bits per heavy atom. The number of hydrogen-bond donors (Lipinski definition) is 2. The van der Waals surface area contributed by atoms with Gasteiger partial charge in [-0.1, -0.05) is 18.2 Å². The molecule has 82 valence electrons. The first-order valence-corrected chi connectivity index (χ1v) is 5.21. The van der Waals surface area contributed by atoms with Gasteiger partial charge in [0.15, 0.2) is 0 Å². The van der Waals surface area contributed by atoms with Crippen molar-refractivity contribution in [2.24, 2.45) is 0 Å². The Hall–Kier alpha value is -1.28. The molecular formula is C13H19NO. The van der Waals surface area contributed by atoms with Gasteiger partial charge in [-0.25, -0.2) is 0 Å². The first-order valence-electron chi connectivity index (χ1n) is 5.21. The van der Waals surface area contributed by atoms with Gasteiger partial charge in [0, 0.05) is 18.2 Å². The SMILES string of the molecule is C=CCN[C@@H](C)c1ccc(C)c(C)c1O.